The van der Waals surface area contributed by atoms with Gasteiger partial charge in [-0.3, -0.25) is 10.2 Å². The summed E-state index contributed by atoms with van der Waals surface area (Å²) in [6, 6.07) is 7.72. The van der Waals surface area contributed by atoms with Crippen LogP contribution in [0.3, 0.4) is 0 Å². The van der Waals surface area contributed by atoms with Crippen molar-refractivity contribution in [1.82, 2.24) is 5.43 Å². The van der Waals surface area contributed by atoms with Gasteiger partial charge >= 0.3 is 0 Å². The molecular weight excluding hydrogens is 230 g/mol. The van der Waals surface area contributed by atoms with Gasteiger partial charge in [0.05, 0.1) is 6.04 Å². The fourth-order valence-electron chi connectivity index (χ4n) is 1.47. The fourth-order valence-corrected chi connectivity index (χ4v) is 1.47. The highest BCUT2D eigenvalue weighted by Crippen LogP contribution is 2.23. The molecule has 6 heteroatoms. The van der Waals surface area contributed by atoms with E-state index in [-0.39, 0.29) is 5.91 Å². The molecule has 0 aliphatic heterocycles. The molecule has 0 heterocycles. The van der Waals surface area contributed by atoms with Gasteiger partial charge in [-0.25, -0.2) is 10.8 Å². The normalized spacial score (nSPS) is 15.1. The summed E-state index contributed by atoms with van der Waals surface area (Å²) in [5.74, 6) is 5.86. The SMILES string of the molecule is CC(=O)Nc1ccc(NC(=NC2CC2)NN)cc1. The van der Waals surface area contributed by atoms with Gasteiger partial charge in [0, 0.05) is 18.3 Å². The number of guanidine groups is 1. The Morgan fingerprint density at radius 3 is 2.22 bits per heavy atom. The Morgan fingerprint density at radius 1 is 1.22 bits per heavy atom. The summed E-state index contributed by atoms with van der Waals surface area (Å²) < 4.78 is 0. The monoisotopic (exact) mass is 247 g/mol. The molecule has 1 aliphatic carbocycles. The lowest BCUT2D eigenvalue weighted by Gasteiger charge is -2.09. The van der Waals surface area contributed by atoms with Gasteiger partial charge in [-0.15, -0.1) is 0 Å². The van der Waals surface area contributed by atoms with Crippen LogP contribution in [0.4, 0.5) is 11.4 Å². The Labute approximate surface area is 106 Å². The largest absolute Gasteiger partial charge is 0.326 e. The molecule has 6 nitrogen and oxygen atoms in total. The number of nitrogens with one attached hydrogen (secondary N) is 3. The fraction of sp³-hybridized carbons (Fsp3) is 0.333. The number of nitrogens with zero attached hydrogens (tertiary/aromatic N) is 1. The molecule has 0 spiro atoms. The zero-order valence-corrected chi connectivity index (χ0v) is 10.2. The standard InChI is InChI=1S/C12H17N5O/c1-8(18)14-9-2-4-10(5-3-9)15-12(17-13)16-11-6-7-11/h2-5,11H,6-7,13H2,1H3,(H,14,18)(H2,15,16,17). The van der Waals surface area contributed by atoms with E-state index in [1.165, 1.54) is 6.92 Å². The molecule has 1 aromatic carbocycles. The maximum Gasteiger partial charge on any atom is 0.221 e. The average Bonchev–Trinajstić information content (AvgIpc) is 3.14. The lowest BCUT2D eigenvalue weighted by atomic mass is 10.3. The number of hydrogen-bond donors (Lipinski definition) is 4. The summed E-state index contributed by atoms with van der Waals surface area (Å²) in [6.07, 6.45) is 2.24. The quantitative estimate of drug-likeness (QED) is 0.278. The van der Waals surface area contributed by atoms with Crippen molar-refractivity contribution in [2.24, 2.45) is 10.8 Å². The molecule has 5 N–H and O–H groups in total. The molecule has 0 aromatic heterocycles. The van der Waals surface area contributed by atoms with Gasteiger partial charge in [-0.05, 0) is 37.1 Å². The number of amides is 1. The number of aliphatic imine (C=N–C) groups is 1. The second kappa shape index (κ2) is 5.50. The van der Waals surface area contributed by atoms with E-state index >= 15 is 0 Å². The van der Waals surface area contributed by atoms with Crippen molar-refractivity contribution in [1.29, 1.82) is 0 Å². The van der Waals surface area contributed by atoms with E-state index in [9.17, 15) is 4.79 Å². The summed E-state index contributed by atoms with van der Waals surface area (Å²) in [4.78, 5) is 15.3. The second-order valence-electron chi connectivity index (χ2n) is 4.24. The smallest absolute Gasteiger partial charge is 0.221 e. The summed E-state index contributed by atoms with van der Waals surface area (Å²) in [7, 11) is 0. The van der Waals surface area contributed by atoms with Crippen LogP contribution < -0.4 is 21.9 Å². The number of carbonyl (C=O) groups is 1. The minimum Gasteiger partial charge on any atom is -0.326 e. The summed E-state index contributed by atoms with van der Waals surface area (Å²) in [5, 5.41) is 5.79. The highest BCUT2D eigenvalue weighted by atomic mass is 16.1. The average molecular weight is 247 g/mol. The second-order valence-corrected chi connectivity index (χ2v) is 4.24. The van der Waals surface area contributed by atoms with Crippen molar-refractivity contribution in [2.75, 3.05) is 10.6 Å². The van der Waals surface area contributed by atoms with Crippen LogP contribution in [-0.4, -0.2) is 17.9 Å². The van der Waals surface area contributed by atoms with E-state index in [4.69, 9.17) is 5.84 Å². The first-order valence-electron chi connectivity index (χ1n) is 5.86. The van der Waals surface area contributed by atoms with Crippen LogP contribution in [0.2, 0.25) is 0 Å². The third-order valence-corrected chi connectivity index (χ3v) is 2.46. The van der Waals surface area contributed by atoms with Gasteiger partial charge in [0.1, 0.15) is 0 Å². The first-order valence-corrected chi connectivity index (χ1v) is 5.86. The topological polar surface area (TPSA) is 91.5 Å². The van der Waals surface area contributed by atoms with Crippen LogP contribution in [-0.2, 0) is 4.79 Å². The Balaban J connectivity index is 1.98. The van der Waals surface area contributed by atoms with Gasteiger partial charge in [0.2, 0.25) is 11.9 Å². The van der Waals surface area contributed by atoms with E-state index in [0.717, 1.165) is 24.2 Å². The molecule has 1 aliphatic rings. The summed E-state index contributed by atoms with van der Waals surface area (Å²) in [5.41, 5.74) is 4.16. The molecular formula is C12H17N5O. The minimum atomic E-state index is -0.0877. The number of anilines is 2. The molecule has 1 saturated carbocycles. The van der Waals surface area contributed by atoms with Gasteiger partial charge in [-0.1, -0.05) is 0 Å². The van der Waals surface area contributed by atoms with Crippen molar-refractivity contribution >= 4 is 23.2 Å². The van der Waals surface area contributed by atoms with Crippen molar-refractivity contribution < 1.29 is 4.79 Å². The van der Waals surface area contributed by atoms with E-state index in [1.54, 1.807) is 0 Å². The van der Waals surface area contributed by atoms with E-state index in [1.807, 2.05) is 24.3 Å². The predicted molar refractivity (Wildman–Crippen MR) is 72.1 cm³/mol. The zero-order chi connectivity index (χ0) is 13.0. The van der Waals surface area contributed by atoms with Crippen LogP contribution in [0.15, 0.2) is 29.3 Å². The molecule has 96 valence electrons. The van der Waals surface area contributed by atoms with Crippen molar-refractivity contribution in [3.8, 4) is 0 Å². The Bertz CT molecular complexity index is 450. The first-order chi connectivity index (χ1) is 8.67. The molecule has 1 amide bonds. The van der Waals surface area contributed by atoms with Crippen LogP contribution in [0, 0.1) is 0 Å². The van der Waals surface area contributed by atoms with Crippen LogP contribution >= 0.6 is 0 Å². The number of hydrogen-bond acceptors (Lipinski definition) is 3. The van der Waals surface area contributed by atoms with Crippen LogP contribution in [0.25, 0.3) is 0 Å². The van der Waals surface area contributed by atoms with Gasteiger partial charge in [0.15, 0.2) is 0 Å². The number of benzene rings is 1. The Morgan fingerprint density at radius 2 is 1.78 bits per heavy atom. The molecule has 2 rings (SSSR count). The number of rotatable bonds is 3. The number of hydrazine groups is 1. The molecule has 1 aromatic rings. The predicted octanol–water partition coefficient (Wildman–Crippen LogP) is 1.04. The maximum absolute atomic E-state index is 10.9. The van der Waals surface area contributed by atoms with E-state index in [0.29, 0.717) is 12.0 Å². The van der Waals surface area contributed by atoms with E-state index < -0.39 is 0 Å². The molecule has 1 fully saturated rings. The van der Waals surface area contributed by atoms with Crippen molar-refractivity contribution in [3.63, 3.8) is 0 Å². The van der Waals surface area contributed by atoms with Crippen LogP contribution in [0.5, 0.6) is 0 Å². The lowest BCUT2D eigenvalue weighted by molar-refractivity contribution is -0.114. The molecule has 0 unspecified atom stereocenters. The van der Waals surface area contributed by atoms with Crippen molar-refractivity contribution in [3.05, 3.63) is 24.3 Å². The molecule has 0 radical (unpaired) electrons. The Hall–Kier alpha value is -2.08. The molecule has 0 bridgehead atoms. The van der Waals surface area contributed by atoms with Gasteiger partial charge in [0.25, 0.3) is 0 Å². The number of carbonyl (C=O) groups excluding carboxylic acids is 1. The zero-order valence-electron chi connectivity index (χ0n) is 10.2. The molecule has 0 saturated heterocycles. The molecule has 0 atom stereocenters. The van der Waals surface area contributed by atoms with Crippen molar-refractivity contribution in [2.45, 2.75) is 25.8 Å². The highest BCUT2D eigenvalue weighted by molar-refractivity contribution is 5.94. The maximum atomic E-state index is 10.9. The highest BCUT2D eigenvalue weighted by Gasteiger charge is 2.20. The Kier molecular flexibility index (Phi) is 3.78. The minimum absolute atomic E-state index is 0.0877. The van der Waals surface area contributed by atoms with Gasteiger partial charge in [-0.2, -0.15) is 0 Å². The summed E-state index contributed by atoms with van der Waals surface area (Å²) >= 11 is 0. The lowest BCUT2D eigenvalue weighted by Crippen LogP contribution is -2.36. The van der Waals surface area contributed by atoms with Crippen LogP contribution in [0.1, 0.15) is 19.8 Å². The summed E-state index contributed by atoms with van der Waals surface area (Å²) in [6.45, 7) is 1.48. The molecule has 18 heavy (non-hydrogen) atoms. The third-order valence-electron chi connectivity index (χ3n) is 2.46. The van der Waals surface area contributed by atoms with Gasteiger partial charge < -0.3 is 10.6 Å². The first kappa shape index (κ1) is 12.4. The van der Waals surface area contributed by atoms with E-state index in [2.05, 4.69) is 21.1 Å². The number of nitrogens with two attached hydrogens (primary N) is 1. The third kappa shape index (κ3) is 3.74.